The molecule has 1 aliphatic heterocycles. The van der Waals surface area contributed by atoms with Crippen molar-refractivity contribution in [2.45, 2.75) is 44.4 Å². The first-order chi connectivity index (χ1) is 10.7. The van der Waals surface area contributed by atoms with Gasteiger partial charge in [0, 0.05) is 25.0 Å². The third-order valence-corrected chi connectivity index (χ3v) is 4.27. The van der Waals surface area contributed by atoms with Crippen LogP contribution < -0.4 is 5.32 Å². The second kappa shape index (κ2) is 6.91. The van der Waals surface area contributed by atoms with Gasteiger partial charge < -0.3 is 15.0 Å². The highest BCUT2D eigenvalue weighted by molar-refractivity contribution is 5.83. The maximum atomic E-state index is 12.3. The van der Waals surface area contributed by atoms with Crippen LogP contribution in [0.15, 0.2) is 18.5 Å². The summed E-state index contributed by atoms with van der Waals surface area (Å²) in [4.78, 5) is 26.2. The number of hydrogen-bond donors (Lipinski definition) is 1. The lowest BCUT2D eigenvalue weighted by atomic mass is 10.2. The molecule has 0 radical (unpaired) electrons. The van der Waals surface area contributed by atoms with Gasteiger partial charge in [-0.25, -0.2) is 0 Å². The van der Waals surface area contributed by atoms with Crippen molar-refractivity contribution >= 4 is 11.8 Å². The number of carbonyl (C=O) groups excluding carboxylic acids is 2. The summed E-state index contributed by atoms with van der Waals surface area (Å²) in [7, 11) is 0. The fourth-order valence-electron chi connectivity index (χ4n) is 3.03. The van der Waals surface area contributed by atoms with Gasteiger partial charge in [-0.05, 0) is 18.9 Å². The van der Waals surface area contributed by atoms with E-state index in [9.17, 15) is 9.59 Å². The topological polar surface area (TPSA) is 76.5 Å². The SMILES string of the molecule is O=C(NC1CCCC1)C1CN(C(=O)Cn2cccn2)CCO1. The Labute approximate surface area is 129 Å². The molecule has 1 aliphatic carbocycles. The van der Waals surface area contributed by atoms with E-state index in [4.69, 9.17) is 4.74 Å². The molecule has 2 amide bonds. The molecule has 7 heteroatoms. The van der Waals surface area contributed by atoms with Gasteiger partial charge >= 0.3 is 0 Å². The molecule has 1 N–H and O–H groups in total. The van der Waals surface area contributed by atoms with Gasteiger partial charge in [0.2, 0.25) is 5.91 Å². The lowest BCUT2D eigenvalue weighted by Gasteiger charge is -2.32. The average molecular weight is 306 g/mol. The maximum Gasteiger partial charge on any atom is 0.251 e. The summed E-state index contributed by atoms with van der Waals surface area (Å²) in [6, 6.07) is 2.05. The van der Waals surface area contributed by atoms with Gasteiger partial charge in [0.05, 0.1) is 13.2 Å². The molecule has 3 rings (SSSR count). The quantitative estimate of drug-likeness (QED) is 0.860. The predicted octanol–water partition coefficient (Wildman–Crippen LogP) is 0.169. The normalized spacial score (nSPS) is 22.7. The van der Waals surface area contributed by atoms with E-state index < -0.39 is 6.10 Å². The number of amides is 2. The first kappa shape index (κ1) is 15.0. The monoisotopic (exact) mass is 306 g/mol. The molecular formula is C15H22N4O3. The number of nitrogens with one attached hydrogen (secondary N) is 1. The van der Waals surface area contributed by atoms with Crippen LogP contribution in [0.2, 0.25) is 0 Å². The van der Waals surface area contributed by atoms with Gasteiger partial charge in [-0.15, -0.1) is 0 Å². The highest BCUT2D eigenvalue weighted by Crippen LogP contribution is 2.18. The number of morpholine rings is 1. The summed E-state index contributed by atoms with van der Waals surface area (Å²) in [6.07, 6.45) is 7.26. The second-order valence-electron chi connectivity index (χ2n) is 5.89. The molecule has 22 heavy (non-hydrogen) atoms. The van der Waals surface area contributed by atoms with Crippen LogP contribution in [0.25, 0.3) is 0 Å². The first-order valence-corrected chi connectivity index (χ1v) is 7.89. The standard InChI is InChI=1S/C15H22N4O3/c20-14(11-19-7-3-6-16-19)18-8-9-22-13(10-18)15(21)17-12-4-1-2-5-12/h3,6-7,12-13H,1-2,4-5,8-11H2,(H,17,21). The molecule has 1 aromatic heterocycles. The zero-order chi connectivity index (χ0) is 15.4. The lowest BCUT2D eigenvalue weighted by molar-refractivity contribution is -0.148. The average Bonchev–Trinajstić information content (AvgIpc) is 3.21. The van der Waals surface area contributed by atoms with Crippen LogP contribution in [-0.2, 0) is 20.9 Å². The third kappa shape index (κ3) is 3.65. The Morgan fingerprint density at radius 2 is 2.14 bits per heavy atom. The Bertz CT molecular complexity index is 511. The van der Waals surface area contributed by atoms with Crippen molar-refractivity contribution in [2.24, 2.45) is 0 Å². The zero-order valence-corrected chi connectivity index (χ0v) is 12.6. The third-order valence-electron chi connectivity index (χ3n) is 4.27. The molecule has 1 atom stereocenters. The van der Waals surface area contributed by atoms with Crippen LogP contribution in [0.4, 0.5) is 0 Å². The summed E-state index contributed by atoms with van der Waals surface area (Å²) in [5, 5.41) is 7.07. The zero-order valence-electron chi connectivity index (χ0n) is 12.6. The fourth-order valence-corrected chi connectivity index (χ4v) is 3.03. The van der Waals surface area contributed by atoms with Crippen molar-refractivity contribution < 1.29 is 14.3 Å². The molecule has 2 heterocycles. The van der Waals surface area contributed by atoms with Crippen molar-refractivity contribution in [1.29, 1.82) is 0 Å². The van der Waals surface area contributed by atoms with E-state index in [0.717, 1.165) is 12.8 Å². The highest BCUT2D eigenvalue weighted by atomic mass is 16.5. The lowest BCUT2D eigenvalue weighted by Crippen LogP contribution is -2.53. The number of ether oxygens (including phenoxy) is 1. The summed E-state index contributed by atoms with van der Waals surface area (Å²) in [6.45, 7) is 1.43. The Morgan fingerprint density at radius 1 is 1.32 bits per heavy atom. The molecule has 0 bridgehead atoms. The highest BCUT2D eigenvalue weighted by Gasteiger charge is 2.30. The predicted molar refractivity (Wildman–Crippen MR) is 78.9 cm³/mol. The van der Waals surface area contributed by atoms with Crippen LogP contribution in [0.5, 0.6) is 0 Å². The molecule has 1 saturated carbocycles. The van der Waals surface area contributed by atoms with E-state index in [-0.39, 0.29) is 24.4 Å². The first-order valence-electron chi connectivity index (χ1n) is 7.89. The number of nitrogens with zero attached hydrogens (tertiary/aromatic N) is 3. The molecule has 120 valence electrons. The van der Waals surface area contributed by atoms with Gasteiger partial charge in [0.25, 0.3) is 5.91 Å². The minimum Gasteiger partial charge on any atom is -0.365 e. The number of carbonyl (C=O) groups is 2. The molecule has 2 aliphatic rings. The minimum atomic E-state index is -0.559. The largest absolute Gasteiger partial charge is 0.365 e. The summed E-state index contributed by atoms with van der Waals surface area (Å²) < 4.78 is 7.13. The number of aromatic nitrogens is 2. The Kier molecular flexibility index (Phi) is 4.72. The number of hydrogen-bond acceptors (Lipinski definition) is 4. The smallest absolute Gasteiger partial charge is 0.251 e. The van der Waals surface area contributed by atoms with Crippen LogP contribution in [-0.4, -0.2) is 58.3 Å². The van der Waals surface area contributed by atoms with Gasteiger partial charge in [-0.1, -0.05) is 12.8 Å². The van der Waals surface area contributed by atoms with Gasteiger partial charge in [-0.2, -0.15) is 5.10 Å². The van der Waals surface area contributed by atoms with Crippen LogP contribution in [0.3, 0.4) is 0 Å². The van der Waals surface area contributed by atoms with Crippen molar-refractivity contribution in [3.8, 4) is 0 Å². The van der Waals surface area contributed by atoms with Crippen molar-refractivity contribution in [3.05, 3.63) is 18.5 Å². The molecule has 1 unspecified atom stereocenters. The van der Waals surface area contributed by atoms with E-state index in [1.807, 2.05) is 0 Å². The molecule has 7 nitrogen and oxygen atoms in total. The van der Waals surface area contributed by atoms with Gasteiger partial charge in [0.1, 0.15) is 6.54 Å². The molecule has 1 saturated heterocycles. The summed E-state index contributed by atoms with van der Waals surface area (Å²) in [5.74, 6) is -0.130. The van der Waals surface area contributed by atoms with Crippen molar-refractivity contribution in [1.82, 2.24) is 20.0 Å². The molecule has 2 fully saturated rings. The Morgan fingerprint density at radius 3 is 2.86 bits per heavy atom. The molecule has 0 aromatic carbocycles. The van der Waals surface area contributed by atoms with E-state index in [0.29, 0.717) is 19.7 Å². The summed E-state index contributed by atoms with van der Waals surface area (Å²) in [5.41, 5.74) is 0. The second-order valence-corrected chi connectivity index (χ2v) is 5.89. The Balaban J connectivity index is 1.51. The van der Waals surface area contributed by atoms with E-state index >= 15 is 0 Å². The van der Waals surface area contributed by atoms with Crippen LogP contribution in [0.1, 0.15) is 25.7 Å². The van der Waals surface area contributed by atoms with E-state index in [1.54, 1.807) is 28.0 Å². The maximum absolute atomic E-state index is 12.3. The van der Waals surface area contributed by atoms with E-state index in [2.05, 4.69) is 10.4 Å². The minimum absolute atomic E-state index is 0.0364. The van der Waals surface area contributed by atoms with Crippen LogP contribution >= 0.6 is 0 Å². The number of rotatable bonds is 4. The van der Waals surface area contributed by atoms with Crippen LogP contribution in [0, 0.1) is 0 Å². The van der Waals surface area contributed by atoms with Gasteiger partial charge in [-0.3, -0.25) is 14.3 Å². The fraction of sp³-hybridized carbons (Fsp3) is 0.667. The van der Waals surface area contributed by atoms with E-state index in [1.165, 1.54) is 12.8 Å². The molecule has 0 spiro atoms. The molecule has 1 aromatic rings. The molecular weight excluding hydrogens is 284 g/mol. The van der Waals surface area contributed by atoms with Crippen molar-refractivity contribution in [3.63, 3.8) is 0 Å². The summed E-state index contributed by atoms with van der Waals surface area (Å²) >= 11 is 0. The Hall–Kier alpha value is -1.89. The van der Waals surface area contributed by atoms with Gasteiger partial charge in [0.15, 0.2) is 6.10 Å². The van der Waals surface area contributed by atoms with Crippen molar-refractivity contribution in [2.75, 3.05) is 19.7 Å².